The molecule has 1 unspecified atom stereocenters. The van der Waals surface area contributed by atoms with Crippen molar-refractivity contribution in [1.82, 2.24) is 10.5 Å². The number of hydrogen-bond acceptors (Lipinski definition) is 4. The van der Waals surface area contributed by atoms with Gasteiger partial charge in [0.1, 0.15) is 0 Å². The third kappa shape index (κ3) is 1.76. The zero-order valence-corrected chi connectivity index (χ0v) is 6.81. The fourth-order valence-corrected chi connectivity index (χ4v) is 1.32. The van der Waals surface area contributed by atoms with Crippen LogP contribution in [0.4, 0.5) is 0 Å². The molecule has 0 aromatic carbocycles. The summed E-state index contributed by atoms with van der Waals surface area (Å²) in [7, 11) is 1.60. The van der Waals surface area contributed by atoms with E-state index < -0.39 is 0 Å². The molecule has 0 radical (unpaired) electrons. The molecule has 0 fully saturated rings. The van der Waals surface area contributed by atoms with Gasteiger partial charge in [0.25, 0.3) is 0 Å². The van der Waals surface area contributed by atoms with Crippen LogP contribution in [0.5, 0.6) is 0 Å². The van der Waals surface area contributed by atoms with Crippen LogP contribution >= 0.6 is 11.3 Å². The predicted molar refractivity (Wildman–Crippen MR) is 40.7 cm³/mol. The molecule has 10 heavy (non-hydrogen) atoms. The van der Waals surface area contributed by atoms with E-state index in [0.29, 0.717) is 0 Å². The Bertz CT molecular complexity index is 176. The van der Waals surface area contributed by atoms with Crippen LogP contribution in [0.15, 0.2) is 10.9 Å². The molecule has 56 valence electrons. The molecule has 3 nitrogen and oxygen atoms in total. The normalized spacial score (nSPS) is 13.4. The lowest BCUT2D eigenvalue weighted by atomic mass is 10.3. The Morgan fingerprint density at radius 2 is 2.60 bits per heavy atom. The van der Waals surface area contributed by atoms with Gasteiger partial charge >= 0.3 is 0 Å². The highest BCUT2D eigenvalue weighted by atomic mass is 32.1. The van der Waals surface area contributed by atoms with Gasteiger partial charge in [0.15, 0.2) is 0 Å². The van der Waals surface area contributed by atoms with Gasteiger partial charge in [-0.1, -0.05) is 0 Å². The minimum absolute atomic E-state index is 0.177. The van der Waals surface area contributed by atoms with Crippen LogP contribution in [0.1, 0.15) is 18.7 Å². The lowest BCUT2D eigenvalue weighted by molar-refractivity contribution is 0.0649. The van der Waals surface area contributed by atoms with Crippen molar-refractivity contribution >= 4 is 11.3 Å². The first-order chi connectivity index (χ1) is 4.84. The Hall–Kier alpha value is -0.450. The molecule has 1 rings (SSSR count). The van der Waals surface area contributed by atoms with Gasteiger partial charge in [0.2, 0.25) is 0 Å². The van der Waals surface area contributed by atoms with Crippen LogP contribution in [0.25, 0.3) is 0 Å². The van der Waals surface area contributed by atoms with Crippen LogP contribution in [0.3, 0.4) is 0 Å². The number of nitrogens with one attached hydrogen (secondary N) is 1. The number of nitrogens with zero attached hydrogens (tertiary/aromatic N) is 1. The summed E-state index contributed by atoms with van der Waals surface area (Å²) in [5.74, 6) is 0. The molecule has 0 amide bonds. The average Bonchev–Trinajstić information content (AvgIpc) is 2.38. The molecule has 0 aliphatic heterocycles. The molecular weight excluding hydrogens is 148 g/mol. The summed E-state index contributed by atoms with van der Waals surface area (Å²) in [5.41, 5.74) is 5.62. The summed E-state index contributed by atoms with van der Waals surface area (Å²) >= 11 is 1.59. The van der Waals surface area contributed by atoms with Gasteiger partial charge in [-0.25, -0.2) is 4.98 Å². The summed E-state index contributed by atoms with van der Waals surface area (Å²) in [5, 5.41) is 2.00. The van der Waals surface area contributed by atoms with E-state index in [0.717, 1.165) is 5.69 Å². The highest BCUT2D eigenvalue weighted by Crippen LogP contribution is 2.10. The number of thiazole rings is 1. The van der Waals surface area contributed by atoms with Crippen molar-refractivity contribution in [2.24, 2.45) is 0 Å². The number of hydroxylamine groups is 1. The molecule has 1 aromatic rings. The van der Waals surface area contributed by atoms with Gasteiger partial charge in [0.05, 0.1) is 24.4 Å². The zero-order chi connectivity index (χ0) is 7.40. The van der Waals surface area contributed by atoms with Crippen LogP contribution < -0.4 is 5.48 Å². The molecule has 1 atom stereocenters. The molecule has 4 heteroatoms. The monoisotopic (exact) mass is 158 g/mol. The third-order valence-electron chi connectivity index (χ3n) is 1.19. The topological polar surface area (TPSA) is 34.1 Å². The third-order valence-corrected chi connectivity index (χ3v) is 1.79. The van der Waals surface area contributed by atoms with Gasteiger partial charge in [-0.3, -0.25) is 0 Å². The van der Waals surface area contributed by atoms with Gasteiger partial charge in [-0.05, 0) is 6.92 Å². The lowest BCUT2D eigenvalue weighted by Crippen LogP contribution is -2.16. The van der Waals surface area contributed by atoms with E-state index in [1.54, 1.807) is 18.4 Å². The molecule has 1 heterocycles. The first-order valence-electron chi connectivity index (χ1n) is 3.01. The number of hydrogen-bond donors (Lipinski definition) is 1. The Morgan fingerprint density at radius 1 is 1.80 bits per heavy atom. The second-order valence-electron chi connectivity index (χ2n) is 1.96. The molecule has 0 spiro atoms. The van der Waals surface area contributed by atoms with Crippen molar-refractivity contribution in [1.29, 1.82) is 0 Å². The van der Waals surface area contributed by atoms with E-state index in [-0.39, 0.29) is 6.04 Å². The lowest BCUT2D eigenvalue weighted by Gasteiger charge is -2.07. The van der Waals surface area contributed by atoms with E-state index in [4.69, 9.17) is 4.84 Å². The van der Waals surface area contributed by atoms with Crippen molar-refractivity contribution in [3.63, 3.8) is 0 Å². The van der Waals surface area contributed by atoms with Gasteiger partial charge < -0.3 is 4.84 Å². The largest absolute Gasteiger partial charge is 0.304 e. The van der Waals surface area contributed by atoms with E-state index >= 15 is 0 Å². The summed E-state index contributed by atoms with van der Waals surface area (Å²) in [6.07, 6.45) is 0. The maximum absolute atomic E-state index is 4.74. The molecule has 1 aromatic heterocycles. The van der Waals surface area contributed by atoms with Crippen LogP contribution in [-0.2, 0) is 4.84 Å². The van der Waals surface area contributed by atoms with Crippen molar-refractivity contribution in [3.8, 4) is 0 Å². The van der Waals surface area contributed by atoms with Gasteiger partial charge in [-0.15, -0.1) is 11.3 Å². The molecule has 0 aliphatic carbocycles. The molecule has 1 N–H and O–H groups in total. The quantitative estimate of drug-likeness (QED) is 0.674. The molecule has 0 bridgehead atoms. The van der Waals surface area contributed by atoms with E-state index in [1.165, 1.54) is 0 Å². The van der Waals surface area contributed by atoms with Crippen LogP contribution in [0, 0.1) is 0 Å². The SMILES string of the molecule is CONC(C)c1cscn1. The zero-order valence-electron chi connectivity index (χ0n) is 6.00. The van der Waals surface area contributed by atoms with Crippen molar-refractivity contribution in [2.75, 3.05) is 7.11 Å². The Morgan fingerprint density at radius 3 is 3.10 bits per heavy atom. The molecule has 0 saturated heterocycles. The standard InChI is InChI=1S/C6H10N2OS/c1-5(8-9-2)6-3-10-4-7-6/h3-5,8H,1-2H3. The Balaban J connectivity index is 2.50. The molecule has 0 saturated carbocycles. The smallest absolute Gasteiger partial charge is 0.0795 e. The van der Waals surface area contributed by atoms with E-state index in [1.807, 2.05) is 17.8 Å². The fraction of sp³-hybridized carbons (Fsp3) is 0.500. The number of aromatic nitrogens is 1. The van der Waals surface area contributed by atoms with Crippen molar-refractivity contribution < 1.29 is 4.84 Å². The Kier molecular flexibility index (Phi) is 2.80. The maximum Gasteiger partial charge on any atom is 0.0795 e. The first kappa shape index (κ1) is 7.65. The summed E-state index contributed by atoms with van der Waals surface area (Å²) < 4.78 is 0. The minimum Gasteiger partial charge on any atom is -0.304 e. The second kappa shape index (κ2) is 3.65. The van der Waals surface area contributed by atoms with Crippen molar-refractivity contribution in [2.45, 2.75) is 13.0 Å². The number of rotatable bonds is 3. The van der Waals surface area contributed by atoms with Crippen LogP contribution in [0.2, 0.25) is 0 Å². The van der Waals surface area contributed by atoms with Crippen molar-refractivity contribution in [3.05, 3.63) is 16.6 Å². The van der Waals surface area contributed by atoms with Gasteiger partial charge in [0, 0.05) is 5.38 Å². The van der Waals surface area contributed by atoms with Gasteiger partial charge in [-0.2, -0.15) is 5.48 Å². The highest BCUT2D eigenvalue weighted by molar-refractivity contribution is 7.07. The summed E-state index contributed by atoms with van der Waals surface area (Å²) in [6.45, 7) is 2.00. The summed E-state index contributed by atoms with van der Waals surface area (Å²) in [6, 6.07) is 0.177. The van der Waals surface area contributed by atoms with E-state index in [2.05, 4.69) is 10.5 Å². The summed E-state index contributed by atoms with van der Waals surface area (Å²) in [4.78, 5) is 8.85. The highest BCUT2D eigenvalue weighted by Gasteiger charge is 2.04. The molecule has 0 aliphatic rings. The second-order valence-corrected chi connectivity index (χ2v) is 2.68. The average molecular weight is 158 g/mol. The molecular formula is C6H10N2OS. The first-order valence-corrected chi connectivity index (χ1v) is 3.95. The maximum atomic E-state index is 4.74. The predicted octanol–water partition coefficient (Wildman–Crippen LogP) is 1.36. The minimum atomic E-state index is 0.177. The van der Waals surface area contributed by atoms with E-state index in [9.17, 15) is 0 Å². The fourth-order valence-electron chi connectivity index (χ4n) is 0.673. The van der Waals surface area contributed by atoms with Crippen LogP contribution in [-0.4, -0.2) is 12.1 Å². The Labute approximate surface area is 64.0 Å².